The third-order valence-electron chi connectivity index (χ3n) is 5.15. The summed E-state index contributed by atoms with van der Waals surface area (Å²) in [5.74, 6) is -0.00795. The van der Waals surface area contributed by atoms with Crippen LogP contribution in [0, 0.1) is 12.3 Å². The van der Waals surface area contributed by atoms with Crippen LogP contribution < -0.4 is 16.0 Å². The minimum absolute atomic E-state index is 0.0404. The number of hydrogen-bond acceptors (Lipinski definition) is 7. The number of nitrogens with two attached hydrogens (primary N) is 1. The van der Waals surface area contributed by atoms with Crippen LogP contribution in [0.15, 0.2) is 30.7 Å². The first kappa shape index (κ1) is 21.8. The Morgan fingerprint density at radius 2 is 2.09 bits per heavy atom. The van der Waals surface area contributed by atoms with Crippen molar-refractivity contribution >= 4 is 40.8 Å². The van der Waals surface area contributed by atoms with Gasteiger partial charge in [-0.05, 0) is 31.5 Å². The van der Waals surface area contributed by atoms with Crippen molar-refractivity contribution in [2.45, 2.75) is 19.4 Å². The fraction of sp³-hybridized carbons (Fsp3) is 0.250. The zero-order valence-electron chi connectivity index (χ0n) is 17.0. The van der Waals surface area contributed by atoms with Crippen LogP contribution in [0.4, 0.5) is 5.82 Å². The quantitative estimate of drug-likeness (QED) is 0.327. The highest BCUT2D eigenvalue weighted by Crippen LogP contribution is 2.34. The molecule has 1 amide bonds. The van der Waals surface area contributed by atoms with Crippen LogP contribution in [-0.2, 0) is 0 Å². The SMILES string of the molecule is Cc1ncn(-c2ccc(C(=O)N[C@@H]3CCN(c4ncc(Cl)c(C(=N)N)c4O)C3)c(Cl)c2)n1. The highest BCUT2D eigenvalue weighted by molar-refractivity contribution is 6.34. The summed E-state index contributed by atoms with van der Waals surface area (Å²) in [6, 6.07) is 4.86. The average Bonchev–Trinajstić information content (AvgIpc) is 3.36. The van der Waals surface area contributed by atoms with Crippen molar-refractivity contribution in [1.29, 1.82) is 5.41 Å². The Morgan fingerprint density at radius 3 is 2.75 bits per heavy atom. The number of rotatable bonds is 5. The molecule has 12 heteroatoms. The molecule has 2 aromatic heterocycles. The molecule has 1 saturated heterocycles. The third-order valence-corrected chi connectivity index (χ3v) is 5.75. The number of aromatic nitrogens is 4. The van der Waals surface area contributed by atoms with E-state index in [0.717, 1.165) is 0 Å². The van der Waals surface area contributed by atoms with Gasteiger partial charge >= 0.3 is 0 Å². The minimum atomic E-state index is -0.348. The Labute approximate surface area is 193 Å². The first-order valence-electron chi connectivity index (χ1n) is 9.70. The highest BCUT2D eigenvalue weighted by Gasteiger charge is 2.29. The molecule has 166 valence electrons. The van der Waals surface area contributed by atoms with E-state index in [0.29, 0.717) is 41.6 Å². The zero-order chi connectivity index (χ0) is 23.0. The molecule has 1 aliphatic heterocycles. The topological polar surface area (TPSA) is 146 Å². The molecule has 0 aliphatic carbocycles. The third kappa shape index (κ3) is 4.19. The molecule has 32 heavy (non-hydrogen) atoms. The van der Waals surface area contributed by atoms with E-state index < -0.39 is 0 Å². The molecule has 1 aromatic carbocycles. The number of aromatic hydroxyl groups is 1. The van der Waals surface area contributed by atoms with Gasteiger partial charge in [0.05, 0.1) is 26.9 Å². The molecule has 3 aromatic rings. The molecule has 10 nitrogen and oxygen atoms in total. The maximum absolute atomic E-state index is 12.8. The van der Waals surface area contributed by atoms with E-state index in [1.54, 1.807) is 41.0 Å². The number of halogens is 2. The number of anilines is 1. The number of nitrogens with one attached hydrogen (secondary N) is 2. The summed E-state index contributed by atoms with van der Waals surface area (Å²) in [5, 5.41) is 25.7. The van der Waals surface area contributed by atoms with Gasteiger partial charge in [0.15, 0.2) is 11.6 Å². The smallest absolute Gasteiger partial charge is 0.253 e. The predicted octanol–water partition coefficient (Wildman–Crippen LogP) is 2.28. The maximum Gasteiger partial charge on any atom is 0.253 e. The molecule has 0 saturated carbocycles. The molecule has 1 fully saturated rings. The average molecular weight is 475 g/mol. The highest BCUT2D eigenvalue weighted by atomic mass is 35.5. The minimum Gasteiger partial charge on any atom is -0.504 e. The molecule has 5 N–H and O–H groups in total. The van der Waals surface area contributed by atoms with E-state index in [9.17, 15) is 9.90 Å². The lowest BCUT2D eigenvalue weighted by molar-refractivity contribution is 0.0940. The monoisotopic (exact) mass is 474 g/mol. The fourth-order valence-electron chi connectivity index (χ4n) is 3.59. The Morgan fingerprint density at radius 1 is 1.31 bits per heavy atom. The standard InChI is InChI=1S/C20H20Cl2N8O2/c1-10-26-9-30(28-10)12-2-3-13(14(21)6-12)20(32)27-11-4-5-29(8-11)19-17(31)16(18(23)24)15(22)7-25-19/h2-3,6-7,9,11,31H,4-5,8H2,1H3,(H3,23,24)(H,27,32)/t11-/m1/s1. The first-order chi connectivity index (χ1) is 15.2. The predicted molar refractivity (Wildman–Crippen MR) is 121 cm³/mol. The molecule has 0 radical (unpaired) electrons. The van der Waals surface area contributed by atoms with Crippen molar-refractivity contribution in [2.75, 3.05) is 18.0 Å². The lowest BCUT2D eigenvalue weighted by atomic mass is 10.1. The molecular formula is C20H20Cl2N8O2. The van der Waals surface area contributed by atoms with Crippen LogP contribution in [0.5, 0.6) is 5.75 Å². The van der Waals surface area contributed by atoms with Crippen molar-refractivity contribution < 1.29 is 9.90 Å². The maximum atomic E-state index is 12.8. The van der Waals surface area contributed by atoms with Crippen molar-refractivity contribution in [2.24, 2.45) is 5.73 Å². The van der Waals surface area contributed by atoms with Crippen molar-refractivity contribution in [3.05, 3.63) is 57.7 Å². The van der Waals surface area contributed by atoms with Gasteiger partial charge in [0.25, 0.3) is 5.91 Å². The Kier molecular flexibility index (Phi) is 5.90. The molecule has 4 rings (SSSR count). The van der Waals surface area contributed by atoms with Crippen LogP contribution in [0.2, 0.25) is 10.0 Å². The summed E-state index contributed by atoms with van der Waals surface area (Å²) in [6.07, 6.45) is 3.56. The molecule has 3 heterocycles. The molecule has 1 aliphatic rings. The number of amides is 1. The van der Waals surface area contributed by atoms with E-state index in [1.165, 1.54) is 6.20 Å². The largest absolute Gasteiger partial charge is 0.504 e. The summed E-state index contributed by atoms with van der Waals surface area (Å²) in [4.78, 5) is 22.9. The van der Waals surface area contributed by atoms with Gasteiger partial charge in [0.2, 0.25) is 0 Å². The summed E-state index contributed by atoms with van der Waals surface area (Å²) in [5.41, 5.74) is 6.60. The Balaban J connectivity index is 1.46. The second-order valence-corrected chi connectivity index (χ2v) is 8.19. The van der Waals surface area contributed by atoms with Gasteiger partial charge in [-0.25, -0.2) is 14.6 Å². The fourth-order valence-corrected chi connectivity index (χ4v) is 4.09. The van der Waals surface area contributed by atoms with Crippen LogP contribution in [0.3, 0.4) is 0 Å². The van der Waals surface area contributed by atoms with E-state index in [1.807, 2.05) is 0 Å². The van der Waals surface area contributed by atoms with Gasteiger partial charge in [-0.3, -0.25) is 10.2 Å². The zero-order valence-corrected chi connectivity index (χ0v) is 18.5. The number of carbonyl (C=O) groups excluding carboxylic acids is 1. The van der Waals surface area contributed by atoms with Crippen LogP contribution in [-0.4, -0.2) is 55.7 Å². The van der Waals surface area contributed by atoms with E-state index in [2.05, 4.69) is 20.4 Å². The number of nitrogen functional groups attached to an aromatic ring is 1. The van der Waals surface area contributed by atoms with Crippen LogP contribution >= 0.6 is 23.2 Å². The van der Waals surface area contributed by atoms with Gasteiger partial charge in [0, 0.05) is 25.3 Å². The molecule has 0 bridgehead atoms. The van der Waals surface area contributed by atoms with Crippen molar-refractivity contribution in [3.8, 4) is 11.4 Å². The van der Waals surface area contributed by atoms with Gasteiger partial charge in [0.1, 0.15) is 18.0 Å². The van der Waals surface area contributed by atoms with Crippen molar-refractivity contribution in [1.82, 2.24) is 25.1 Å². The van der Waals surface area contributed by atoms with Gasteiger partial charge in [-0.2, -0.15) is 5.10 Å². The first-order valence-corrected chi connectivity index (χ1v) is 10.5. The normalized spacial score (nSPS) is 15.7. The van der Waals surface area contributed by atoms with Gasteiger partial charge in [-0.15, -0.1) is 0 Å². The van der Waals surface area contributed by atoms with E-state index in [-0.39, 0.29) is 39.9 Å². The summed E-state index contributed by atoms with van der Waals surface area (Å²) < 4.78 is 1.58. The number of amidine groups is 1. The molecule has 0 spiro atoms. The van der Waals surface area contributed by atoms with Crippen LogP contribution in [0.1, 0.15) is 28.2 Å². The summed E-state index contributed by atoms with van der Waals surface area (Å²) in [6.45, 7) is 2.74. The van der Waals surface area contributed by atoms with E-state index >= 15 is 0 Å². The number of hydrogen-bond donors (Lipinski definition) is 4. The van der Waals surface area contributed by atoms with Gasteiger partial charge < -0.3 is 21.1 Å². The number of nitrogens with zero attached hydrogens (tertiary/aromatic N) is 5. The Bertz CT molecular complexity index is 1210. The number of aryl methyl sites for hydroxylation is 1. The van der Waals surface area contributed by atoms with Crippen LogP contribution in [0.25, 0.3) is 5.69 Å². The molecule has 0 unspecified atom stereocenters. The second-order valence-electron chi connectivity index (χ2n) is 7.37. The molecular weight excluding hydrogens is 455 g/mol. The lowest BCUT2D eigenvalue weighted by Crippen LogP contribution is -2.37. The lowest BCUT2D eigenvalue weighted by Gasteiger charge is -2.20. The summed E-state index contributed by atoms with van der Waals surface area (Å²) in [7, 11) is 0. The molecule has 1 atom stereocenters. The number of carbonyl (C=O) groups is 1. The summed E-state index contributed by atoms with van der Waals surface area (Å²) >= 11 is 12.3. The number of pyridine rings is 1. The number of benzene rings is 1. The second kappa shape index (κ2) is 8.64. The Hall–Kier alpha value is -3.37. The van der Waals surface area contributed by atoms with E-state index in [4.69, 9.17) is 34.3 Å². The van der Waals surface area contributed by atoms with Crippen molar-refractivity contribution in [3.63, 3.8) is 0 Å². The van der Waals surface area contributed by atoms with Gasteiger partial charge in [-0.1, -0.05) is 23.2 Å².